The molecule has 0 fully saturated rings. The molecule has 7 heteroatoms. The van der Waals surface area contributed by atoms with E-state index in [1.54, 1.807) is 17.1 Å². The fraction of sp³-hybridized carbons (Fsp3) is 0.292. The van der Waals surface area contributed by atoms with Gasteiger partial charge in [-0.3, -0.25) is 9.59 Å². The van der Waals surface area contributed by atoms with Crippen molar-refractivity contribution in [2.24, 2.45) is 5.92 Å². The van der Waals surface area contributed by atoms with E-state index < -0.39 is 5.97 Å². The second-order valence-corrected chi connectivity index (χ2v) is 7.28. The maximum atomic E-state index is 13.1. The summed E-state index contributed by atoms with van der Waals surface area (Å²) in [4.78, 5) is 40.0. The summed E-state index contributed by atoms with van der Waals surface area (Å²) in [6.07, 6.45) is 8.42. The number of rotatable bonds is 11. The molecule has 1 amide bonds. The number of benzene rings is 1. The van der Waals surface area contributed by atoms with Crippen LogP contribution in [0.25, 0.3) is 10.9 Å². The van der Waals surface area contributed by atoms with Gasteiger partial charge in [-0.05, 0) is 37.3 Å². The molecule has 0 saturated carbocycles. The molecule has 0 aliphatic rings. The number of amides is 1. The van der Waals surface area contributed by atoms with Gasteiger partial charge in [-0.1, -0.05) is 38.3 Å². The maximum Gasteiger partial charge on any atom is 0.347 e. The number of phenols is 1. The molecule has 164 valence electrons. The number of carbonyl (C=O) groups excluding carboxylic acids is 3. The summed E-state index contributed by atoms with van der Waals surface area (Å²) >= 11 is 0. The van der Waals surface area contributed by atoms with E-state index in [0.29, 0.717) is 29.9 Å². The number of hydrogen-bond acceptors (Lipinski definition) is 5. The van der Waals surface area contributed by atoms with E-state index in [-0.39, 0.29) is 29.3 Å². The molecule has 7 nitrogen and oxygen atoms in total. The van der Waals surface area contributed by atoms with Crippen LogP contribution < -0.4 is 0 Å². The van der Waals surface area contributed by atoms with E-state index in [1.807, 2.05) is 13.0 Å². The van der Waals surface area contributed by atoms with Gasteiger partial charge in [0.15, 0.2) is 0 Å². The number of H-pyrrole nitrogens is 1. The number of phenolic OH excluding ortho intramolecular Hbond substituents is 1. The van der Waals surface area contributed by atoms with E-state index in [9.17, 15) is 19.5 Å². The second kappa shape index (κ2) is 11.0. The van der Waals surface area contributed by atoms with Gasteiger partial charge in [0.2, 0.25) is 0 Å². The highest BCUT2D eigenvalue weighted by Gasteiger charge is 2.22. The molecule has 2 rings (SSSR count). The van der Waals surface area contributed by atoms with E-state index in [2.05, 4.69) is 29.8 Å². The Morgan fingerprint density at radius 1 is 1.29 bits per heavy atom. The molecule has 0 aliphatic carbocycles. The highest BCUT2D eigenvalue weighted by Crippen LogP contribution is 2.29. The molecule has 1 aromatic heterocycles. The molecule has 1 unspecified atom stereocenters. The van der Waals surface area contributed by atoms with Crippen molar-refractivity contribution in [1.82, 2.24) is 9.88 Å². The Morgan fingerprint density at radius 2 is 2.03 bits per heavy atom. The molecular weight excluding hydrogens is 396 g/mol. The summed E-state index contributed by atoms with van der Waals surface area (Å²) in [5, 5.41) is 10.8. The lowest BCUT2D eigenvalue weighted by Crippen LogP contribution is -2.32. The summed E-state index contributed by atoms with van der Waals surface area (Å²) < 4.78 is 4.40. The van der Waals surface area contributed by atoms with Gasteiger partial charge in [-0.2, -0.15) is 0 Å². The largest absolute Gasteiger partial charge is 0.507 e. The minimum Gasteiger partial charge on any atom is -0.507 e. The van der Waals surface area contributed by atoms with Gasteiger partial charge in [0.25, 0.3) is 5.91 Å². The third-order valence-electron chi connectivity index (χ3n) is 5.14. The summed E-state index contributed by atoms with van der Waals surface area (Å²) in [7, 11) is 0. The van der Waals surface area contributed by atoms with Gasteiger partial charge in [-0.15, -0.1) is 0 Å². The number of aromatic nitrogens is 1. The first-order valence-electron chi connectivity index (χ1n) is 10.1. The van der Waals surface area contributed by atoms with Crippen LogP contribution in [0.5, 0.6) is 5.75 Å². The summed E-state index contributed by atoms with van der Waals surface area (Å²) in [5.74, 6) is -1.05. The molecule has 1 aromatic carbocycles. The van der Waals surface area contributed by atoms with E-state index in [4.69, 9.17) is 0 Å². The molecule has 0 radical (unpaired) electrons. The van der Waals surface area contributed by atoms with Gasteiger partial charge < -0.3 is 19.7 Å². The minimum atomic E-state index is -0.836. The normalized spacial score (nSPS) is 12.3. The Kier molecular flexibility index (Phi) is 8.37. The van der Waals surface area contributed by atoms with Gasteiger partial charge in [0.05, 0.1) is 16.6 Å². The van der Waals surface area contributed by atoms with Gasteiger partial charge in [0, 0.05) is 30.7 Å². The third-order valence-corrected chi connectivity index (χ3v) is 5.14. The number of aromatic hydroxyl groups is 1. The number of hydrogen-bond donors (Lipinski definition) is 2. The molecule has 2 aromatic rings. The van der Waals surface area contributed by atoms with Crippen molar-refractivity contribution in [2.45, 2.75) is 26.7 Å². The Labute approximate surface area is 181 Å². The SMILES string of the molecule is C=C/C=C(\C=C)CC(C)CCN(CC)C(=O)c1cc2c(C(=O)OC=O)c[nH]c2cc1O. The molecule has 0 aliphatic heterocycles. The lowest BCUT2D eigenvalue weighted by molar-refractivity contribution is -0.123. The van der Waals surface area contributed by atoms with Crippen LogP contribution in [0.1, 0.15) is 47.4 Å². The first-order valence-corrected chi connectivity index (χ1v) is 10.1. The molecule has 1 heterocycles. The number of nitrogens with one attached hydrogen (secondary N) is 1. The second-order valence-electron chi connectivity index (χ2n) is 7.28. The fourth-order valence-corrected chi connectivity index (χ4v) is 3.43. The number of allylic oxidation sites excluding steroid dienone is 4. The van der Waals surface area contributed by atoms with Crippen molar-refractivity contribution >= 4 is 29.3 Å². The predicted octanol–water partition coefficient (Wildman–Crippen LogP) is 4.36. The molecule has 1 atom stereocenters. The van der Waals surface area contributed by atoms with Crippen LogP contribution in [0.2, 0.25) is 0 Å². The van der Waals surface area contributed by atoms with Crippen LogP contribution >= 0.6 is 0 Å². The van der Waals surface area contributed by atoms with Crippen LogP contribution in [0, 0.1) is 5.92 Å². The number of aromatic amines is 1. The van der Waals surface area contributed by atoms with E-state index >= 15 is 0 Å². The minimum absolute atomic E-state index is 0.0512. The van der Waals surface area contributed by atoms with Crippen LogP contribution in [-0.2, 0) is 9.53 Å². The number of fused-ring (bicyclic) bond motifs is 1. The highest BCUT2D eigenvalue weighted by atomic mass is 16.6. The molecule has 31 heavy (non-hydrogen) atoms. The average Bonchev–Trinajstić information content (AvgIpc) is 3.15. The standard InChI is InChI=1S/C24H28N2O5/c1-5-8-17(6-2)11-16(4)9-10-26(7-3)23(29)19-12-18-20(24(30)31-15-27)14-25-21(18)13-22(19)28/h5-6,8,12-16,25,28H,1-2,7,9-11H2,3-4H3/b17-8+. The predicted molar refractivity (Wildman–Crippen MR) is 120 cm³/mol. The molecule has 2 N–H and O–H groups in total. The zero-order valence-corrected chi connectivity index (χ0v) is 17.9. The summed E-state index contributed by atoms with van der Waals surface area (Å²) in [5.41, 5.74) is 1.73. The van der Waals surface area contributed by atoms with Crippen molar-refractivity contribution < 1.29 is 24.2 Å². The van der Waals surface area contributed by atoms with Gasteiger partial charge >= 0.3 is 12.4 Å². The quantitative estimate of drug-likeness (QED) is 0.242. The Balaban J connectivity index is 2.21. The highest BCUT2D eigenvalue weighted by molar-refractivity contribution is 6.09. The molecule has 0 saturated heterocycles. The molecule has 0 spiro atoms. The average molecular weight is 424 g/mol. The van der Waals surface area contributed by atoms with Gasteiger partial charge in [0.1, 0.15) is 5.75 Å². The topological polar surface area (TPSA) is 99.7 Å². The van der Waals surface area contributed by atoms with Crippen molar-refractivity contribution in [2.75, 3.05) is 13.1 Å². The zero-order chi connectivity index (χ0) is 23.0. The Hall–Kier alpha value is -3.61. The third kappa shape index (κ3) is 5.72. The van der Waals surface area contributed by atoms with Crippen LogP contribution in [-0.4, -0.2) is 46.4 Å². The van der Waals surface area contributed by atoms with E-state index in [0.717, 1.165) is 18.4 Å². The Morgan fingerprint density at radius 3 is 2.65 bits per heavy atom. The van der Waals surface area contributed by atoms with E-state index in [1.165, 1.54) is 18.3 Å². The summed E-state index contributed by atoms with van der Waals surface area (Å²) in [6, 6.07) is 2.83. The Bertz CT molecular complexity index is 1020. The number of esters is 1. The van der Waals surface area contributed by atoms with Crippen LogP contribution in [0.3, 0.4) is 0 Å². The maximum absolute atomic E-state index is 13.1. The summed E-state index contributed by atoms with van der Waals surface area (Å²) in [6.45, 7) is 12.5. The van der Waals surface area contributed by atoms with Crippen LogP contribution in [0.4, 0.5) is 0 Å². The molecular formula is C24H28N2O5. The van der Waals surface area contributed by atoms with Crippen molar-refractivity contribution in [3.8, 4) is 5.75 Å². The van der Waals surface area contributed by atoms with Crippen LogP contribution in [0.15, 0.2) is 55.3 Å². The first-order chi connectivity index (χ1) is 14.9. The zero-order valence-electron chi connectivity index (χ0n) is 17.9. The lowest BCUT2D eigenvalue weighted by Gasteiger charge is -2.23. The number of ether oxygens (including phenoxy) is 1. The number of nitrogens with zero attached hydrogens (tertiary/aromatic N) is 1. The van der Waals surface area contributed by atoms with Crippen molar-refractivity contribution in [3.63, 3.8) is 0 Å². The van der Waals surface area contributed by atoms with Crippen molar-refractivity contribution in [3.05, 3.63) is 66.4 Å². The monoisotopic (exact) mass is 424 g/mol. The lowest BCUT2D eigenvalue weighted by atomic mass is 9.97. The first kappa shape index (κ1) is 23.7. The fourth-order valence-electron chi connectivity index (χ4n) is 3.43. The van der Waals surface area contributed by atoms with Crippen molar-refractivity contribution in [1.29, 1.82) is 0 Å². The van der Waals surface area contributed by atoms with Gasteiger partial charge in [-0.25, -0.2) is 4.79 Å². The number of carbonyl (C=O) groups is 3. The smallest absolute Gasteiger partial charge is 0.347 e. The molecule has 0 bridgehead atoms.